The molecule has 2 aromatic carbocycles. The Balaban J connectivity index is 1.41. The van der Waals surface area contributed by atoms with Gasteiger partial charge in [-0.1, -0.05) is 41.4 Å². The van der Waals surface area contributed by atoms with Gasteiger partial charge in [-0.3, -0.25) is 9.48 Å². The molecule has 0 aliphatic heterocycles. The van der Waals surface area contributed by atoms with Crippen molar-refractivity contribution in [2.45, 2.75) is 25.8 Å². The van der Waals surface area contributed by atoms with Crippen LogP contribution in [0.1, 0.15) is 29.2 Å². The lowest BCUT2D eigenvalue weighted by Gasteiger charge is -2.07. The highest BCUT2D eigenvalue weighted by atomic mass is 35.5. The molecule has 28 heavy (non-hydrogen) atoms. The Kier molecular flexibility index (Phi) is 5.13. The van der Waals surface area contributed by atoms with Crippen molar-refractivity contribution in [1.29, 1.82) is 0 Å². The van der Waals surface area contributed by atoms with E-state index in [1.165, 1.54) is 12.1 Å². The van der Waals surface area contributed by atoms with E-state index in [1.807, 2.05) is 37.3 Å². The summed E-state index contributed by atoms with van der Waals surface area (Å²) in [5, 5.41) is 8.38. The second kappa shape index (κ2) is 7.57. The largest absolute Gasteiger partial charge is 0.309 e. The van der Waals surface area contributed by atoms with Gasteiger partial charge in [0.25, 0.3) is 0 Å². The van der Waals surface area contributed by atoms with Crippen molar-refractivity contribution in [2.24, 2.45) is 5.92 Å². The molecule has 0 saturated heterocycles. The molecule has 1 fully saturated rings. The Bertz CT molecular complexity index is 1030. The summed E-state index contributed by atoms with van der Waals surface area (Å²) in [5.74, 6) is 0.252. The Morgan fingerprint density at radius 2 is 1.96 bits per heavy atom. The standard InChI is InChI=1S/C21H18Cl2FN3O/c1-12-8-20(26-27(12)11-14-4-7-16(24)9-19(14)23)25-21(28)18-10-17(18)13-2-5-15(22)6-3-13/h2-9,17-18H,10-11H2,1H3,(H,25,26,28). The van der Waals surface area contributed by atoms with E-state index in [1.54, 1.807) is 10.7 Å². The predicted molar refractivity (Wildman–Crippen MR) is 108 cm³/mol. The number of nitrogens with zero attached hydrogens (tertiary/aromatic N) is 2. The fourth-order valence-electron chi connectivity index (χ4n) is 3.32. The minimum atomic E-state index is -0.376. The lowest BCUT2D eigenvalue weighted by Crippen LogP contribution is -2.15. The minimum absolute atomic E-state index is 0.0376. The molecule has 3 aromatic rings. The van der Waals surface area contributed by atoms with Gasteiger partial charge in [0.2, 0.25) is 5.91 Å². The van der Waals surface area contributed by atoms with E-state index in [4.69, 9.17) is 23.2 Å². The van der Waals surface area contributed by atoms with E-state index < -0.39 is 0 Å². The monoisotopic (exact) mass is 417 g/mol. The number of nitrogens with one attached hydrogen (secondary N) is 1. The van der Waals surface area contributed by atoms with Crippen molar-refractivity contribution >= 4 is 34.9 Å². The third-order valence-electron chi connectivity index (χ3n) is 4.99. The van der Waals surface area contributed by atoms with Crippen LogP contribution in [-0.4, -0.2) is 15.7 Å². The van der Waals surface area contributed by atoms with E-state index in [9.17, 15) is 9.18 Å². The molecule has 1 aliphatic carbocycles. The Morgan fingerprint density at radius 1 is 1.21 bits per heavy atom. The van der Waals surface area contributed by atoms with Gasteiger partial charge in [0.1, 0.15) is 5.82 Å². The van der Waals surface area contributed by atoms with E-state index >= 15 is 0 Å². The summed E-state index contributed by atoms with van der Waals surface area (Å²) in [6, 6.07) is 13.7. The number of halogens is 3. The number of carbonyl (C=O) groups is 1. The number of aryl methyl sites for hydroxylation is 1. The molecule has 1 aliphatic rings. The summed E-state index contributed by atoms with van der Waals surface area (Å²) in [4.78, 5) is 12.5. The molecule has 1 aromatic heterocycles. The summed E-state index contributed by atoms with van der Waals surface area (Å²) in [7, 11) is 0. The molecule has 144 valence electrons. The van der Waals surface area contributed by atoms with Gasteiger partial charge in [0.15, 0.2) is 5.82 Å². The average Bonchev–Trinajstić information content (AvgIpc) is 3.37. The highest BCUT2D eigenvalue weighted by molar-refractivity contribution is 6.31. The molecule has 2 unspecified atom stereocenters. The van der Waals surface area contributed by atoms with Gasteiger partial charge in [-0.15, -0.1) is 0 Å². The quantitative estimate of drug-likeness (QED) is 0.601. The maximum Gasteiger partial charge on any atom is 0.229 e. The first-order valence-electron chi connectivity index (χ1n) is 8.95. The molecule has 1 amide bonds. The molecule has 0 bridgehead atoms. The van der Waals surface area contributed by atoms with Gasteiger partial charge in [-0.25, -0.2) is 4.39 Å². The van der Waals surface area contributed by atoms with E-state index in [2.05, 4.69) is 10.4 Å². The molecule has 4 rings (SSSR count). The van der Waals surface area contributed by atoms with Crippen molar-refractivity contribution in [3.8, 4) is 0 Å². The second-order valence-corrected chi connectivity index (χ2v) is 7.90. The van der Waals surface area contributed by atoms with E-state index in [0.717, 1.165) is 23.2 Å². The van der Waals surface area contributed by atoms with Crippen LogP contribution in [-0.2, 0) is 11.3 Å². The zero-order valence-electron chi connectivity index (χ0n) is 15.1. The number of hydrogen-bond acceptors (Lipinski definition) is 2. The van der Waals surface area contributed by atoms with Gasteiger partial charge in [-0.05, 0) is 54.7 Å². The second-order valence-electron chi connectivity index (χ2n) is 7.05. The van der Waals surface area contributed by atoms with Crippen LogP contribution in [0, 0.1) is 18.7 Å². The van der Waals surface area contributed by atoms with Gasteiger partial charge in [-0.2, -0.15) is 5.10 Å². The molecule has 1 saturated carbocycles. The number of anilines is 1. The van der Waals surface area contributed by atoms with Crippen LogP contribution < -0.4 is 5.32 Å². The van der Waals surface area contributed by atoms with Crippen LogP contribution in [0.3, 0.4) is 0 Å². The number of amides is 1. The fourth-order valence-corrected chi connectivity index (χ4v) is 3.68. The van der Waals surface area contributed by atoms with Crippen LogP contribution in [0.4, 0.5) is 10.2 Å². The molecular weight excluding hydrogens is 400 g/mol. The summed E-state index contributed by atoms with van der Waals surface area (Å²) >= 11 is 12.0. The first-order valence-corrected chi connectivity index (χ1v) is 9.71. The molecule has 7 heteroatoms. The summed E-state index contributed by atoms with van der Waals surface area (Å²) in [6.45, 7) is 2.30. The molecule has 2 atom stereocenters. The Labute approximate surface area is 172 Å². The van der Waals surface area contributed by atoms with Crippen LogP contribution in [0.2, 0.25) is 10.0 Å². The lowest BCUT2D eigenvalue weighted by molar-refractivity contribution is -0.117. The SMILES string of the molecule is Cc1cc(NC(=O)C2CC2c2ccc(Cl)cc2)nn1Cc1ccc(F)cc1Cl. The fraction of sp³-hybridized carbons (Fsp3) is 0.238. The van der Waals surface area contributed by atoms with Crippen LogP contribution >= 0.6 is 23.2 Å². The number of benzene rings is 2. The maximum atomic E-state index is 13.2. The third kappa shape index (κ3) is 4.05. The third-order valence-corrected chi connectivity index (χ3v) is 5.60. The minimum Gasteiger partial charge on any atom is -0.309 e. The lowest BCUT2D eigenvalue weighted by atomic mass is 10.1. The number of hydrogen-bond donors (Lipinski definition) is 1. The van der Waals surface area contributed by atoms with Crippen molar-refractivity contribution in [1.82, 2.24) is 9.78 Å². The predicted octanol–water partition coefficient (Wildman–Crippen LogP) is 5.43. The molecule has 1 N–H and O–H groups in total. The number of aromatic nitrogens is 2. The van der Waals surface area contributed by atoms with Gasteiger partial charge in [0, 0.05) is 27.7 Å². The van der Waals surface area contributed by atoms with Crippen LogP contribution in [0.15, 0.2) is 48.5 Å². The van der Waals surface area contributed by atoms with Crippen molar-refractivity contribution in [3.63, 3.8) is 0 Å². The molecule has 0 radical (unpaired) electrons. The molecule has 0 spiro atoms. The molecule has 4 nitrogen and oxygen atoms in total. The number of rotatable bonds is 5. The first-order chi connectivity index (χ1) is 13.4. The van der Waals surface area contributed by atoms with Crippen molar-refractivity contribution in [2.75, 3.05) is 5.32 Å². The Hall–Kier alpha value is -2.37. The summed E-state index contributed by atoms with van der Waals surface area (Å²) in [6.07, 6.45) is 0.818. The van der Waals surface area contributed by atoms with Crippen LogP contribution in [0.5, 0.6) is 0 Å². The van der Waals surface area contributed by atoms with Crippen molar-refractivity contribution < 1.29 is 9.18 Å². The highest BCUT2D eigenvalue weighted by Gasteiger charge is 2.44. The molecular formula is C21H18Cl2FN3O. The zero-order chi connectivity index (χ0) is 19.8. The molecule has 1 heterocycles. The summed E-state index contributed by atoms with van der Waals surface area (Å²) in [5.41, 5.74) is 2.76. The average molecular weight is 418 g/mol. The zero-order valence-corrected chi connectivity index (χ0v) is 16.6. The first kappa shape index (κ1) is 19.0. The van der Waals surface area contributed by atoms with Crippen LogP contribution in [0.25, 0.3) is 0 Å². The Morgan fingerprint density at radius 3 is 2.68 bits per heavy atom. The van der Waals surface area contributed by atoms with Crippen molar-refractivity contribution in [3.05, 3.63) is 81.2 Å². The highest BCUT2D eigenvalue weighted by Crippen LogP contribution is 2.48. The maximum absolute atomic E-state index is 13.2. The number of carbonyl (C=O) groups excluding carboxylic acids is 1. The van der Waals surface area contributed by atoms with E-state index in [-0.39, 0.29) is 23.6 Å². The normalized spacial score (nSPS) is 18.1. The topological polar surface area (TPSA) is 46.9 Å². The smallest absolute Gasteiger partial charge is 0.229 e. The van der Waals surface area contributed by atoms with E-state index in [0.29, 0.717) is 22.4 Å². The summed E-state index contributed by atoms with van der Waals surface area (Å²) < 4.78 is 14.9. The van der Waals surface area contributed by atoms with Gasteiger partial charge >= 0.3 is 0 Å². The van der Waals surface area contributed by atoms with Gasteiger partial charge < -0.3 is 5.32 Å². The van der Waals surface area contributed by atoms with Gasteiger partial charge in [0.05, 0.1) is 6.54 Å².